The van der Waals surface area contributed by atoms with Crippen LogP contribution in [0, 0.1) is 18.3 Å². The summed E-state index contributed by atoms with van der Waals surface area (Å²) in [5.41, 5.74) is 7.16. The molecule has 6 atom stereocenters. The van der Waals surface area contributed by atoms with Crippen LogP contribution in [0.1, 0.15) is 39.1 Å². The van der Waals surface area contributed by atoms with E-state index in [1.807, 2.05) is 27.7 Å². The first-order valence-corrected chi connectivity index (χ1v) is 12.4. The molecule has 10 heteroatoms. The Kier molecular flexibility index (Phi) is 4.02. The first kappa shape index (κ1) is 19.4. The van der Waals surface area contributed by atoms with Crippen molar-refractivity contribution in [3.8, 4) is 0 Å². The average Bonchev–Trinajstić information content (AvgIpc) is 2.87. The van der Waals surface area contributed by atoms with E-state index in [1.54, 1.807) is 13.0 Å². The Labute approximate surface area is 169 Å². The third-order valence-electron chi connectivity index (χ3n) is 6.49. The van der Waals surface area contributed by atoms with Crippen molar-refractivity contribution < 1.29 is 18.6 Å². The SMILES string of the molecule is CCOP(C)(=O)C[C@]12C[C@@H]1[C@@H](n1cnc3c(N)nc(C)nc31)[C@@H]1OC(C)(C)O[C@@H]12. The van der Waals surface area contributed by atoms with E-state index in [0.717, 1.165) is 6.42 Å². The Morgan fingerprint density at radius 2 is 2.14 bits per heavy atom. The number of nitrogen functional groups attached to an aromatic ring is 1. The minimum Gasteiger partial charge on any atom is -0.382 e. The second kappa shape index (κ2) is 6.00. The van der Waals surface area contributed by atoms with E-state index in [9.17, 15) is 4.57 Å². The number of rotatable bonds is 5. The van der Waals surface area contributed by atoms with Crippen molar-refractivity contribution in [3.63, 3.8) is 0 Å². The van der Waals surface area contributed by atoms with Gasteiger partial charge in [0, 0.05) is 18.2 Å². The standard InChI is InChI=1S/C19H28N5O4P/c1-6-26-29(5,25)8-19-7-11(19)13(14-15(19)28-18(3,4)27-14)24-9-21-12-16(20)22-10(2)23-17(12)24/h9,11,13-15H,6-8H2,1-5H3,(H2,20,22,23)/t11-,13-,14+,15+,19-,29?/m1/s1. The molecule has 2 saturated carbocycles. The number of anilines is 1. The highest BCUT2D eigenvalue weighted by Crippen LogP contribution is 2.75. The van der Waals surface area contributed by atoms with Crippen LogP contribution in [-0.2, 0) is 18.6 Å². The van der Waals surface area contributed by atoms with Crippen molar-refractivity contribution in [2.24, 2.45) is 11.3 Å². The molecule has 0 radical (unpaired) electrons. The number of hydrogen-bond donors (Lipinski definition) is 1. The molecule has 0 bridgehead atoms. The number of hydrogen-bond acceptors (Lipinski definition) is 8. The quantitative estimate of drug-likeness (QED) is 0.733. The lowest BCUT2D eigenvalue weighted by Crippen LogP contribution is -2.33. The number of aryl methyl sites for hydroxylation is 1. The lowest BCUT2D eigenvalue weighted by Gasteiger charge is -2.25. The van der Waals surface area contributed by atoms with Gasteiger partial charge in [-0.2, -0.15) is 0 Å². The molecule has 0 amide bonds. The van der Waals surface area contributed by atoms with Gasteiger partial charge in [0.2, 0.25) is 7.37 Å². The summed E-state index contributed by atoms with van der Waals surface area (Å²) in [6, 6.07) is -0.0119. The van der Waals surface area contributed by atoms with Crippen LogP contribution in [0.5, 0.6) is 0 Å². The van der Waals surface area contributed by atoms with E-state index in [1.165, 1.54) is 0 Å². The highest BCUT2D eigenvalue weighted by Gasteiger charge is 2.76. The molecule has 3 heterocycles. The summed E-state index contributed by atoms with van der Waals surface area (Å²) in [6.45, 7) is 9.72. The van der Waals surface area contributed by atoms with Gasteiger partial charge < -0.3 is 24.3 Å². The van der Waals surface area contributed by atoms with Gasteiger partial charge >= 0.3 is 0 Å². The fourth-order valence-electron chi connectivity index (χ4n) is 5.60. The van der Waals surface area contributed by atoms with Crippen molar-refractivity contribution in [2.45, 2.75) is 58.2 Å². The highest BCUT2D eigenvalue weighted by molar-refractivity contribution is 7.58. The molecule has 0 spiro atoms. The maximum absolute atomic E-state index is 13.1. The number of aromatic nitrogens is 4. The minimum absolute atomic E-state index is 0.0119. The van der Waals surface area contributed by atoms with Gasteiger partial charge in [-0.15, -0.1) is 0 Å². The Morgan fingerprint density at radius 1 is 1.38 bits per heavy atom. The minimum atomic E-state index is -2.73. The summed E-state index contributed by atoms with van der Waals surface area (Å²) in [6.07, 6.45) is 2.88. The van der Waals surface area contributed by atoms with Crippen molar-refractivity contribution in [3.05, 3.63) is 12.2 Å². The summed E-state index contributed by atoms with van der Waals surface area (Å²) >= 11 is 0. The molecule has 158 valence electrons. The summed E-state index contributed by atoms with van der Waals surface area (Å²) < 4.78 is 33.4. The van der Waals surface area contributed by atoms with Crippen molar-refractivity contribution in [2.75, 3.05) is 25.2 Å². The van der Waals surface area contributed by atoms with Crippen molar-refractivity contribution >= 4 is 24.4 Å². The van der Waals surface area contributed by atoms with E-state index >= 15 is 0 Å². The van der Waals surface area contributed by atoms with E-state index in [4.69, 9.17) is 19.7 Å². The molecule has 1 unspecified atom stereocenters. The maximum atomic E-state index is 13.1. The van der Waals surface area contributed by atoms with Gasteiger partial charge in [-0.05, 0) is 40.0 Å². The lowest BCUT2D eigenvalue weighted by atomic mass is 10.0. The van der Waals surface area contributed by atoms with Gasteiger partial charge in [-0.25, -0.2) is 15.0 Å². The van der Waals surface area contributed by atoms with E-state index in [2.05, 4.69) is 19.5 Å². The number of nitrogens with two attached hydrogens (primary N) is 1. The van der Waals surface area contributed by atoms with Crippen LogP contribution in [0.25, 0.3) is 11.2 Å². The molecule has 1 aliphatic heterocycles. The van der Waals surface area contributed by atoms with E-state index in [0.29, 0.717) is 35.6 Å². The number of ether oxygens (including phenoxy) is 2. The fraction of sp³-hybridized carbons (Fsp3) is 0.737. The maximum Gasteiger partial charge on any atom is 0.200 e. The monoisotopic (exact) mass is 421 g/mol. The van der Waals surface area contributed by atoms with Gasteiger partial charge in [-0.1, -0.05) is 0 Å². The molecular formula is C19H28N5O4P. The molecule has 1 saturated heterocycles. The zero-order chi connectivity index (χ0) is 20.8. The third-order valence-corrected chi connectivity index (χ3v) is 8.46. The molecular weight excluding hydrogens is 393 g/mol. The zero-order valence-electron chi connectivity index (χ0n) is 17.5. The summed E-state index contributed by atoms with van der Waals surface area (Å²) in [4.78, 5) is 13.3. The normalized spacial score (nSPS) is 36.7. The second-order valence-corrected chi connectivity index (χ2v) is 11.7. The average molecular weight is 421 g/mol. The smallest absolute Gasteiger partial charge is 0.200 e. The Hall–Kier alpha value is -1.54. The number of fused-ring (bicyclic) bond motifs is 4. The number of imidazole rings is 1. The van der Waals surface area contributed by atoms with Crippen molar-refractivity contribution in [1.82, 2.24) is 19.5 Å². The Balaban J connectivity index is 1.58. The molecule has 2 aromatic rings. The first-order valence-electron chi connectivity index (χ1n) is 10.1. The van der Waals surface area contributed by atoms with Gasteiger partial charge in [0.25, 0.3) is 0 Å². The number of nitrogens with zero attached hydrogens (tertiary/aromatic N) is 4. The molecule has 5 rings (SSSR count). The van der Waals surface area contributed by atoms with Crippen molar-refractivity contribution in [1.29, 1.82) is 0 Å². The topological polar surface area (TPSA) is 114 Å². The van der Waals surface area contributed by atoms with E-state index < -0.39 is 13.2 Å². The van der Waals surface area contributed by atoms with Crippen LogP contribution in [0.3, 0.4) is 0 Å². The summed E-state index contributed by atoms with van der Waals surface area (Å²) in [7, 11) is -2.73. The fourth-order valence-corrected chi connectivity index (χ4v) is 7.85. The van der Waals surface area contributed by atoms with Gasteiger partial charge in [0.05, 0.1) is 25.1 Å². The van der Waals surface area contributed by atoms with Crippen LogP contribution in [-0.4, -0.2) is 56.9 Å². The lowest BCUT2D eigenvalue weighted by molar-refractivity contribution is -0.160. The molecule has 2 N–H and O–H groups in total. The highest BCUT2D eigenvalue weighted by atomic mass is 31.2. The van der Waals surface area contributed by atoms with Crippen LogP contribution < -0.4 is 5.73 Å². The van der Waals surface area contributed by atoms with Gasteiger partial charge in [-0.3, -0.25) is 4.57 Å². The first-order chi connectivity index (χ1) is 13.6. The van der Waals surface area contributed by atoms with Gasteiger partial charge in [0.15, 0.2) is 17.3 Å². The predicted molar refractivity (Wildman–Crippen MR) is 108 cm³/mol. The summed E-state index contributed by atoms with van der Waals surface area (Å²) in [5.74, 6) is 0.543. The van der Waals surface area contributed by atoms with Crippen LogP contribution in [0.15, 0.2) is 6.33 Å². The van der Waals surface area contributed by atoms with Crippen LogP contribution in [0.2, 0.25) is 0 Å². The second-order valence-electron chi connectivity index (χ2n) is 9.13. The predicted octanol–water partition coefficient (Wildman–Crippen LogP) is 2.74. The molecule has 3 aliphatic rings. The largest absolute Gasteiger partial charge is 0.382 e. The molecule has 9 nitrogen and oxygen atoms in total. The van der Waals surface area contributed by atoms with E-state index in [-0.39, 0.29) is 29.6 Å². The Bertz CT molecular complexity index is 1040. The summed E-state index contributed by atoms with van der Waals surface area (Å²) in [5, 5.41) is 0. The van der Waals surface area contributed by atoms with Gasteiger partial charge in [0.1, 0.15) is 17.4 Å². The van der Waals surface area contributed by atoms with Crippen LogP contribution >= 0.6 is 7.37 Å². The molecule has 2 aromatic heterocycles. The molecule has 29 heavy (non-hydrogen) atoms. The Morgan fingerprint density at radius 3 is 2.86 bits per heavy atom. The molecule has 3 fully saturated rings. The molecule has 0 aromatic carbocycles. The third kappa shape index (κ3) is 2.86. The molecule has 2 aliphatic carbocycles. The van der Waals surface area contributed by atoms with Crippen LogP contribution in [0.4, 0.5) is 5.82 Å². The zero-order valence-corrected chi connectivity index (χ0v) is 18.3.